The van der Waals surface area contributed by atoms with E-state index in [1.54, 1.807) is 12.2 Å². The Morgan fingerprint density at radius 1 is 0.889 bits per heavy atom. The zero-order chi connectivity index (χ0) is 12.3. The predicted octanol–water partition coefficient (Wildman–Crippen LogP) is 0.977. The predicted molar refractivity (Wildman–Crippen MR) is 68.4 cm³/mol. The van der Waals surface area contributed by atoms with Crippen LogP contribution < -0.4 is 56.2 Å². The number of hydrogen-bond donors (Lipinski definition) is 0. The smallest absolute Gasteiger partial charge is 0.444 e. The minimum absolute atomic E-state index is 0. The molecule has 0 N–H and O–H groups in total. The van der Waals surface area contributed by atoms with Gasteiger partial charge in [0, 0.05) is 4.88 Å². The Kier molecular flexibility index (Phi) is 6.37. The normalized spacial score (nSPS) is 11.5. The van der Waals surface area contributed by atoms with Crippen molar-refractivity contribution in [3.63, 3.8) is 0 Å². The van der Waals surface area contributed by atoms with Gasteiger partial charge >= 0.3 is 58.4 Å². The molecule has 0 fully saturated rings. The maximum atomic E-state index is 12.4. The Morgan fingerprint density at radius 2 is 1.56 bits per heavy atom. The van der Waals surface area contributed by atoms with Crippen LogP contribution in [-0.4, -0.2) is 6.98 Å². The first-order valence-electron chi connectivity index (χ1n) is 5.08. The molecule has 0 aliphatic rings. The Balaban J connectivity index is 0.00000162. The van der Waals surface area contributed by atoms with Gasteiger partial charge in [0.05, 0.1) is 0 Å². The van der Waals surface area contributed by atoms with E-state index in [4.69, 9.17) is 0 Å². The van der Waals surface area contributed by atoms with Crippen LogP contribution >= 0.6 is 11.3 Å². The molecule has 0 radical (unpaired) electrons. The molecular weight excluding hydrogens is 283 g/mol. The molecule has 0 saturated heterocycles. The van der Waals surface area contributed by atoms with Crippen molar-refractivity contribution in [3.8, 4) is 0 Å². The monoisotopic (exact) mass is 292 g/mol. The maximum absolute atomic E-state index is 12.4. The number of halogens is 3. The standard InChI is InChI=1S/C12H9BF3S.K/c14-13(15,16)12-9-8-11(17-12)7-6-10-4-2-1-3-5-10;/h1-9H;/q-1;+1/b7-6+;. The van der Waals surface area contributed by atoms with Crippen molar-refractivity contribution in [1.29, 1.82) is 0 Å². The number of rotatable bonds is 3. The topological polar surface area (TPSA) is 0 Å². The summed E-state index contributed by atoms with van der Waals surface area (Å²) in [4.78, 5) is 0.614. The van der Waals surface area contributed by atoms with Gasteiger partial charge in [-0.15, -0.1) is 0 Å². The van der Waals surface area contributed by atoms with Crippen molar-refractivity contribution in [2.24, 2.45) is 0 Å². The molecule has 6 heteroatoms. The van der Waals surface area contributed by atoms with Gasteiger partial charge in [-0.25, -0.2) is 0 Å². The van der Waals surface area contributed by atoms with Crippen molar-refractivity contribution in [2.75, 3.05) is 0 Å². The van der Waals surface area contributed by atoms with Crippen molar-refractivity contribution < 1.29 is 64.3 Å². The van der Waals surface area contributed by atoms with Crippen molar-refractivity contribution in [1.82, 2.24) is 0 Å². The molecule has 1 aromatic heterocycles. The third-order valence-corrected chi connectivity index (χ3v) is 3.36. The van der Waals surface area contributed by atoms with Gasteiger partial charge in [-0.3, -0.25) is 0 Å². The maximum Gasteiger partial charge on any atom is 1.00 e. The molecule has 0 bridgehead atoms. The van der Waals surface area contributed by atoms with Crippen molar-refractivity contribution in [2.45, 2.75) is 0 Å². The Hall–Kier alpha value is 0.151. The molecule has 1 heterocycles. The third-order valence-electron chi connectivity index (χ3n) is 2.21. The fourth-order valence-electron chi connectivity index (χ4n) is 1.38. The average molecular weight is 292 g/mol. The van der Waals surface area contributed by atoms with Gasteiger partial charge in [0.25, 0.3) is 0 Å². The summed E-state index contributed by atoms with van der Waals surface area (Å²) in [6, 6.07) is 12.1. The number of thiophene rings is 1. The SMILES string of the molecule is F[B-](F)(F)c1ccc(/C=C/c2ccccc2)s1.[K+]. The van der Waals surface area contributed by atoms with E-state index in [0.717, 1.165) is 23.0 Å². The zero-order valence-electron chi connectivity index (χ0n) is 9.82. The van der Waals surface area contributed by atoms with E-state index >= 15 is 0 Å². The van der Waals surface area contributed by atoms with Crippen molar-refractivity contribution in [3.05, 3.63) is 52.9 Å². The summed E-state index contributed by atoms with van der Waals surface area (Å²) in [5.41, 5.74) is 0.972. The molecule has 0 unspecified atom stereocenters. The van der Waals surface area contributed by atoms with Gasteiger partial charge in [0.1, 0.15) is 0 Å². The molecule has 0 aliphatic heterocycles. The first kappa shape index (κ1) is 16.2. The van der Waals surface area contributed by atoms with Crippen LogP contribution in [0.3, 0.4) is 0 Å². The molecule has 0 amide bonds. The molecule has 2 rings (SSSR count). The van der Waals surface area contributed by atoms with Crippen LogP contribution in [0.5, 0.6) is 0 Å². The molecule has 0 aliphatic carbocycles. The summed E-state index contributed by atoms with van der Waals surface area (Å²) < 4.78 is 36.7. The molecule has 0 saturated carbocycles. The minimum atomic E-state index is -4.87. The van der Waals surface area contributed by atoms with E-state index in [1.807, 2.05) is 30.3 Å². The van der Waals surface area contributed by atoms with Gasteiger partial charge in [-0.1, -0.05) is 47.3 Å². The molecule has 88 valence electrons. The fraction of sp³-hybridized carbons (Fsp3) is 0. The largest absolute Gasteiger partial charge is 1.00 e. The van der Waals surface area contributed by atoms with E-state index < -0.39 is 11.8 Å². The Labute approximate surface area is 150 Å². The second-order valence-electron chi connectivity index (χ2n) is 3.56. The fourth-order valence-corrected chi connectivity index (χ4v) is 2.19. The molecule has 18 heavy (non-hydrogen) atoms. The number of hydrogen-bond acceptors (Lipinski definition) is 1. The third kappa shape index (κ3) is 4.68. The van der Waals surface area contributed by atoms with Crippen LogP contribution in [0.15, 0.2) is 42.5 Å². The first-order chi connectivity index (χ1) is 8.05. The van der Waals surface area contributed by atoms with Crippen LogP contribution in [0.25, 0.3) is 12.2 Å². The summed E-state index contributed by atoms with van der Waals surface area (Å²) in [5.74, 6) is 0. The molecule has 0 atom stereocenters. The molecule has 0 nitrogen and oxygen atoms in total. The summed E-state index contributed by atoms with van der Waals surface area (Å²) >= 11 is 0.775. The van der Waals surface area contributed by atoms with Gasteiger partial charge in [-0.2, -0.15) is 11.3 Å². The van der Waals surface area contributed by atoms with E-state index in [2.05, 4.69) is 0 Å². The van der Waals surface area contributed by atoms with Gasteiger partial charge in [-0.05, 0) is 17.7 Å². The molecular formula is C12H9BF3KS. The van der Waals surface area contributed by atoms with E-state index in [1.165, 1.54) is 6.07 Å². The summed E-state index contributed by atoms with van der Waals surface area (Å²) in [6.45, 7) is -4.87. The van der Waals surface area contributed by atoms with Crippen LogP contribution in [-0.2, 0) is 0 Å². The quantitative estimate of drug-likeness (QED) is 0.740. The summed E-state index contributed by atoms with van der Waals surface area (Å²) in [5, 5.41) is 0. The molecule has 1 aromatic carbocycles. The van der Waals surface area contributed by atoms with Crippen molar-refractivity contribution >= 4 is 35.2 Å². The van der Waals surface area contributed by atoms with Gasteiger partial charge < -0.3 is 12.9 Å². The van der Waals surface area contributed by atoms with E-state index in [-0.39, 0.29) is 51.4 Å². The minimum Gasteiger partial charge on any atom is -0.444 e. The zero-order valence-corrected chi connectivity index (χ0v) is 13.8. The van der Waals surface area contributed by atoms with E-state index in [9.17, 15) is 12.9 Å². The molecule has 0 spiro atoms. The van der Waals surface area contributed by atoms with Crippen LogP contribution in [0.1, 0.15) is 10.4 Å². The summed E-state index contributed by atoms with van der Waals surface area (Å²) in [6.07, 6.45) is 3.50. The van der Waals surface area contributed by atoms with Crippen LogP contribution in [0.2, 0.25) is 0 Å². The summed E-state index contributed by atoms with van der Waals surface area (Å²) in [7, 11) is 0. The molecule has 2 aromatic rings. The Bertz CT molecular complexity index is 520. The van der Waals surface area contributed by atoms with E-state index in [0.29, 0.717) is 4.88 Å². The van der Waals surface area contributed by atoms with Crippen LogP contribution in [0.4, 0.5) is 12.9 Å². The average Bonchev–Trinajstić information content (AvgIpc) is 2.76. The second-order valence-corrected chi connectivity index (χ2v) is 4.71. The first-order valence-corrected chi connectivity index (χ1v) is 5.90. The van der Waals surface area contributed by atoms with Crippen LogP contribution in [0, 0.1) is 0 Å². The van der Waals surface area contributed by atoms with Gasteiger partial charge in [0.2, 0.25) is 0 Å². The Morgan fingerprint density at radius 3 is 2.11 bits per heavy atom. The number of benzene rings is 1. The van der Waals surface area contributed by atoms with Gasteiger partial charge in [0.15, 0.2) is 0 Å². The second kappa shape index (κ2) is 7.07.